The van der Waals surface area contributed by atoms with E-state index in [0.717, 1.165) is 0 Å². The molecule has 0 aliphatic carbocycles. The monoisotopic (exact) mass is 115 g/mol. The Morgan fingerprint density at radius 3 is 2.71 bits per heavy atom. The highest BCUT2D eigenvalue weighted by Crippen LogP contribution is 1.92. The van der Waals surface area contributed by atoms with E-state index in [9.17, 15) is 0 Å². The topological polar surface area (TPSA) is 16.8 Å². The molecule has 2 nitrogen and oxygen atoms in total. The van der Waals surface area contributed by atoms with Gasteiger partial charge in [0.1, 0.15) is 0 Å². The van der Waals surface area contributed by atoms with Crippen LogP contribution < -0.4 is 4.68 Å². The first kappa shape index (κ1) is 4.71. The predicted octanol–water partition coefficient (Wildman–Crippen LogP) is 0.276. The van der Waals surface area contributed by atoms with Crippen LogP contribution in [0.25, 0.3) is 0 Å². The van der Waals surface area contributed by atoms with E-state index < -0.39 is 0 Å². The molecule has 0 saturated carbocycles. The second-order valence-electron chi connectivity index (χ2n) is 1.38. The van der Waals surface area contributed by atoms with E-state index in [4.69, 9.17) is 0 Å². The molecule has 38 valence electrons. The van der Waals surface area contributed by atoms with Gasteiger partial charge in [0.2, 0.25) is 0 Å². The summed E-state index contributed by atoms with van der Waals surface area (Å²) in [6.45, 7) is 2.04. The Morgan fingerprint density at radius 2 is 2.57 bits per heavy atom. The molecule has 1 aromatic rings. The van der Waals surface area contributed by atoms with Crippen molar-refractivity contribution in [3.05, 3.63) is 10.5 Å². The Hall–Kier alpha value is -0.440. The van der Waals surface area contributed by atoms with E-state index in [2.05, 4.69) is 5.10 Å². The zero-order chi connectivity index (χ0) is 5.28. The molecule has 0 N–H and O–H groups in total. The van der Waals surface area contributed by atoms with Crippen molar-refractivity contribution < 1.29 is 4.68 Å². The summed E-state index contributed by atoms with van der Waals surface area (Å²) in [6.07, 6.45) is 0. The van der Waals surface area contributed by atoms with Gasteiger partial charge >= 0.3 is 0 Å². The maximum absolute atomic E-state index is 3.95. The lowest BCUT2D eigenvalue weighted by Crippen LogP contribution is -2.31. The average Bonchev–Trinajstić information content (AvgIpc) is 1.91. The van der Waals surface area contributed by atoms with Gasteiger partial charge in [-0.05, 0) is 0 Å². The summed E-state index contributed by atoms with van der Waals surface area (Å²) >= 11 is 1.66. The van der Waals surface area contributed by atoms with Crippen molar-refractivity contribution in [2.75, 3.05) is 0 Å². The van der Waals surface area contributed by atoms with Crippen LogP contribution in [0.15, 0.2) is 5.51 Å². The van der Waals surface area contributed by atoms with Crippen LogP contribution in [0.3, 0.4) is 0 Å². The third-order valence-electron chi connectivity index (χ3n) is 0.899. The lowest BCUT2D eigenvalue weighted by molar-refractivity contribution is -0.730. The number of rotatable bonds is 0. The van der Waals surface area contributed by atoms with Crippen molar-refractivity contribution in [2.24, 2.45) is 7.05 Å². The van der Waals surface area contributed by atoms with Gasteiger partial charge in [-0.2, -0.15) is 0 Å². The largest absolute Gasteiger partial charge is 0.261 e. The quantitative estimate of drug-likeness (QED) is 0.444. The van der Waals surface area contributed by atoms with Gasteiger partial charge in [-0.15, -0.1) is 0 Å². The molecule has 1 aromatic heterocycles. The molecule has 0 saturated heterocycles. The molecule has 0 bridgehead atoms. The number of nitrogens with zero attached hydrogens (tertiary/aromatic N) is 2. The van der Waals surface area contributed by atoms with Gasteiger partial charge in [-0.1, -0.05) is 16.0 Å². The fourth-order valence-corrected chi connectivity index (χ4v) is 0.869. The molecule has 1 rings (SSSR count). The third kappa shape index (κ3) is 0.771. The Labute approximate surface area is 46.4 Å². The predicted molar refractivity (Wildman–Crippen MR) is 28.0 cm³/mol. The van der Waals surface area contributed by atoms with Crippen LogP contribution in [0.1, 0.15) is 5.01 Å². The van der Waals surface area contributed by atoms with Gasteiger partial charge in [0.25, 0.3) is 5.01 Å². The van der Waals surface area contributed by atoms with Crippen LogP contribution in [-0.2, 0) is 7.05 Å². The number of aromatic nitrogens is 2. The van der Waals surface area contributed by atoms with Crippen LogP contribution in [-0.4, -0.2) is 5.10 Å². The summed E-state index contributed by atoms with van der Waals surface area (Å²) in [5, 5.41) is 5.19. The van der Waals surface area contributed by atoms with Crippen molar-refractivity contribution >= 4 is 11.3 Å². The van der Waals surface area contributed by atoms with Crippen molar-refractivity contribution in [3.8, 4) is 0 Å². The minimum atomic E-state index is 1.24. The van der Waals surface area contributed by atoms with Crippen LogP contribution in [0, 0.1) is 6.92 Å². The molecule has 0 fully saturated rings. The van der Waals surface area contributed by atoms with Crippen LogP contribution >= 0.6 is 11.3 Å². The van der Waals surface area contributed by atoms with Crippen LogP contribution in [0.2, 0.25) is 0 Å². The van der Waals surface area contributed by atoms with E-state index in [1.807, 2.05) is 24.2 Å². The highest BCUT2D eigenvalue weighted by Gasteiger charge is 1.98. The molecule has 0 unspecified atom stereocenters. The lowest BCUT2D eigenvalue weighted by atomic mass is 10.8. The first-order valence-electron chi connectivity index (χ1n) is 2.07. The summed E-state index contributed by atoms with van der Waals surface area (Å²) in [5.74, 6) is 0. The minimum absolute atomic E-state index is 1.24. The van der Waals surface area contributed by atoms with Gasteiger partial charge in [0.05, 0.1) is 0 Å². The molecular weight excluding hydrogens is 108 g/mol. The van der Waals surface area contributed by atoms with Crippen LogP contribution in [0.4, 0.5) is 0 Å². The van der Waals surface area contributed by atoms with E-state index in [-0.39, 0.29) is 0 Å². The Bertz CT molecular complexity index is 142. The molecular formula is C4H7N2S+. The van der Waals surface area contributed by atoms with E-state index in [1.165, 1.54) is 5.01 Å². The third-order valence-corrected chi connectivity index (χ3v) is 1.70. The second-order valence-corrected chi connectivity index (χ2v) is 2.42. The van der Waals surface area contributed by atoms with Gasteiger partial charge in [0.15, 0.2) is 12.6 Å². The molecule has 0 aromatic carbocycles. The number of hydrogen-bond donors (Lipinski definition) is 0. The maximum atomic E-state index is 3.95. The molecule has 0 aliphatic heterocycles. The highest BCUT2D eigenvalue weighted by atomic mass is 32.1. The minimum Gasteiger partial charge on any atom is -0.0807 e. The molecule has 1 heterocycles. The summed E-state index contributed by atoms with van der Waals surface area (Å²) < 4.78 is 1.85. The summed E-state index contributed by atoms with van der Waals surface area (Å²) in [4.78, 5) is 0. The van der Waals surface area contributed by atoms with Crippen molar-refractivity contribution in [2.45, 2.75) is 6.92 Å². The molecule has 3 heteroatoms. The van der Waals surface area contributed by atoms with Crippen molar-refractivity contribution in [1.82, 2.24) is 5.10 Å². The summed E-state index contributed by atoms with van der Waals surface area (Å²) in [6, 6.07) is 0. The fourth-order valence-electron chi connectivity index (χ4n) is 0.328. The van der Waals surface area contributed by atoms with Gasteiger partial charge in [-0.25, -0.2) is 0 Å². The standard InChI is InChI=1S/C4H7N2S/c1-4-6(2)5-3-7-4/h3H,1-2H3/q+1. The molecule has 7 heavy (non-hydrogen) atoms. The first-order chi connectivity index (χ1) is 3.30. The van der Waals surface area contributed by atoms with Gasteiger partial charge < -0.3 is 0 Å². The molecule has 0 radical (unpaired) electrons. The van der Waals surface area contributed by atoms with E-state index in [0.29, 0.717) is 0 Å². The molecule has 0 aliphatic rings. The normalized spacial score (nSPS) is 9.43. The van der Waals surface area contributed by atoms with Gasteiger partial charge in [0, 0.05) is 12.0 Å². The van der Waals surface area contributed by atoms with Crippen molar-refractivity contribution in [3.63, 3.8) is 0 Å². The molecule has 0 spiro atoms. The Morgan fingerprint density at radius 1 is 1.86 bits per heavy atom. The number of hydrogen-bond acceptors (Lipinski definition) is 2. The van der Waals surface area contributed by atoms with E-state index in [1.54, 1.807) is 11.3 Å². The van der Waals surface area contributed by atoms with Crippen LogP contribution in [0.5, 0.6) is 0 Å². The average molecular weight is 115 g/mol. The Balaban J connectivity index is 3.12. The SMILES string of the molecule is Cc1scn[n+]1C. The lowest BCUT2D eigenvalue weighted by Gasteiger charge is -1.70. The first-order valence-corrected chi connectivity index (χ1v) is 2.95. The smallest absolute Gasteiger partial charge is 0.0807 e. The summed E-state index contributed by atoms with van der Waals surface area (Å²) in [5.41, 5.74) is 1.83. The zero-order valence-electron chi connectivity index (χ0n) is 4.38. The zero-order valence-corrected chi connectivity index (χ0v) is 5.20. The highest BCUT2D eigenvalue weighted by molar-refractivity contribution is 7.08. The molecule has 0 amide bonds. The van der Waals surface area contributed by atoms with Crippen molar-refractivity contribution in [1.29, 1.82) is 0 Å². The number of aryl methyl sites for hydroxylation is 2. The summed E-state index contributed by atoms with van der Waals surface area (Å²) in [7, 11) is 1.94. The fraction of sp³-hybridized carbons (Fsp3) is 0.500. The van der Waals surface area contributed by atoms with Gasteiger partial charge in [-0.3, -0.25) is 0 Å². The second kappa shape index (κ2) is 1.58. The molecule has 0 atom stereocenters. The Kier molecular flexibility index (Phi) is 1.06. The van der Waals surface area contributed by atoms with E-state index >= 15 is 0 Å². The maximum Gasteiger partial charge on any atom is 0.261 e.